The van der Waals surface area contributed by atoms with Gasteiger partial charge in [-0.05, 0) is 46.2 Å². The van der Waals surface area contributed by atoms with E-state index in [0.717, 1.165) is 32.4 Å². The maximum Gasteiger partial charge on any atom is 0.134 e. The first kappa shape index (κ1) is 18.3. The van der Waals surface area contributed by atoms with E-state index >= 15 is 0 Å². The largest absolute Gasteiger partial charge is 0.306 e. The third-order valence-corrected chi connectivity index (χ3v) is 4.35. The van der Waals surface area contributed by atoms with Gasteiger partial charge in [-0.3, -0.25) is 9.59 Å². The Morgan fingerprint density at radius 1 is 1.05 bits per heavy atom. The number of ketones is 2. The van der Waals surface area contributed by atoms with Crippen LogP contribution in [-0.4, -0.2) is 36.6 Å². The quantitative estimate of drug-likeness (QED) is 0.611. The zero-order valence-corrected chi connectivity index (χ0v) is 13.5. The summed E-state index contributed by atoms with van der Waals surface area (Å²) in [6.07, 6.45) is 2.97. The number of nitrogens with zero attached hydrogens (tertiary/aromatic N) is 1. The summed E-state index contributed by atoms with van der Waals surface area (Å²) in [6.45, 7) is 11.4. The molecule has 0 aliphatic rings. The van der Waals surface area contributed by atoms with Crippen LogP contribution in [0, 0.1) is 17.8 Å². The Kier molecular flexibility index (Phi) is 8.90. The van der Waals surface area contributed by atoms with Crippen molar-refractivity contribution in [2.24, 2.45) is 17.8 Å². The molecule has 0 fully saturated rings. The summed E-state index contributed by atoms with van der Waals surface area (Å²) in [6, 6.07) is 0. The molecule has 0 aliphatic heterocycles. The van der Waals surface area contributed by atoms with Crippen molar-refractivity contribution in [2.75, 3.05) is 20.1 Å². The van der Waals surface area contributed by atoms with Crippen LogP contribution in [0.1, 0.15) is 53.9 Å². The van der Waals surface area contributed by atoms with E-state index in [1.807, 2.05) is 6.92 Å². The summed E-state index contributed by atoms with van der Waals surface area (Å²) < 4.78 is 0. The molecule has 0 aliphatic carbocycles. The Hall–Kier alpha value is -0.700. The zero-order valence-electron chi connectivity index (χ0n) is 13.5. The van der Waals surface area contributed by atoms with Crippen LogP contribution < -0.4 is 0 Å². The van der Waals surface area contributed by atoms with Crippen LogP contribution in [-0.2, 0) is 9.59 Å². The van der Waals surface area contributed by atoms with Crippen molar-refractivity contribution in [3.05, 3.63) is 0 Å². The summed E-state index contributed by atoms with van der Waals surface area (Å²) in [5.41, 5.74) is 0. The lowest BCUT2D eigenvalue weighted by molar-refractivity contribution is -0.122. The number of Topliss-reactive ketones (excluding diaryl/α,β-unsaturated/α-hetero) is 2. The second kappa shape index (κ2) is 9.24. The van der Waals surface area contributed by atoms with Crippen molar-refractivity contribution < 1.29 is 9.59 Å². The number of carbonyl (C=O) groups excluding carboxylic acids is 2. The first-order valence-electron chi connectivity index (χ1n) is 7.52. The fourth-order valence-electron chi connectivity index (χ4n) is 2.54. The van der Waals surface area contributed by atoms with Crippen molar-refractivity contribution in [3.8, 4) is 0 Å². The average molecular weight is 269 g/mol. The molecule has 3 nitrogen and oxygen atoms in total. The molecule has 3 heteroatoms. The molecule has 0 saturated carbocycles. The molecule has 19 heavy (non-hydrogen) atoms. The first-order chi connectivity index (χ1) is 8.83. The van der Waals surface area contributed by atoms with Crippen molar-refractivity contribution >= 4 is 11.6 Å². The van der Waals surface area contributed by atoms with E-state index in [2.05, 4.69) is 25.8 Å². The normalized spacial score (nSPS) is 16.2. The van der Waals surface area contributed by atoms with Gasteiger partial charge in [0.1, 0.15) is 11.6 Å². The molecule has 0 N–H and O–H groups in total. The summed E-state index contributed by atoms with van der Waals surface area (Å²) in [5, 5.41) is 0. The van der Waals surface area contributed by atoms with Gasteiger partial charge in [0.25, 0.3) is 0 Å². The lowest BCUT2D eigenvalue weighted by atomic mass is 9.86. The molecule has 0 aromatic carbocycles. The van der Waals surface area contributed by atoms with Gasteiger partial charge in [-0.15, -0.1) is 0 Å². The van der Waals surface area contributed by atoms with E-state index in [9.17, 15) is 9.59 Å². The van der Waals surface area contributed by atoms with Crippen molar-refractivity contribution in [1.29, 1.82) is 0 Å². The van der Waals surface area contributed by atoms with E-state index in [1.54, 1.807) is 13.8 Å². The molecule has 0 heterocycles. The smallest absolute Gasteiger partial charge is 0.134 e. The Morgan fingerprint density at radius 2 is 1.63 bits per heavy atom. The number of carbonyl (C=O) groups is 2. The van der Waals surface area contributed by atoms with Gasteiger partial charge in [0.15, 0.2) is 0 Å². The third-order valence-electron chi connectivity index (χ3n) is 4.35. The van der Waals surface area contributed by atoms with E-state index in [4.69, 9.17) is 0 Å². The summed E-state index contributed by atoms with van der Waals surface area (Å²) in [5.74, 6) is 1.31. The van der Waals surface area contributed by atoms with Crippen LogP contribution in [0.2, 0.25) is 0 Å². The summed E-state index contributed by atoms with van der Waals surface area (Å²) >= 11 is 0. The van der Waals surface area contributed by atoms with Crippen molar-refractivity contribution in [3.63, 3.8) is 0 Å². The molecule has 112 valence electrons. The fourth-order valence-corrected chi connectivity index (χ4v) is 2.54. The first-order valence-corrected chi connectivity index (χ1v) is 7.52. The topological polar surface area (TPSA) is 37.4 Å². The Labute approximate surface area is 118 Å². The zero-order chi connectivity index (χ0) is 15.0. The van der Waals surface area contributed by atoms with Crippen molar-refractivity contribution in [2.45, 2.75) is 53.9 Å². The van der Waals surface area contributed by atoms with Gasteiger partial charge >= 0.3 is 0 Å². The lowest BCUT2D eigenvalue weighted by Gasteiger charge is -2.26. The van der Waals surface area contributed by atoms with Crippen molar-refractivity contribution in [1.82, 2.24) is 4.90 Å². The predicted molar refractivity (Wildman–Crippen MR) is 80.2 cm³/mol. The van der Waals surface area contributed by atoms with Crippen LogP contribution in [0.15, 0.2) is 0 Å². The minimum Gasteiger partial charge on any atom is -0.306 e. The molecule has 3 atom stereocenters. The number of hydrogen-bond acceptors (Lipinski definition) is 3. The number of hydrogen-bond donors (Lipinski definition) is 0. The highest BCUT2D eigenvalue weighted by Gasteiger charge is 2.20. The predicted octanol–water partition coefficient (Wildman–Crippen LogP) is 3.17. The third kappa shape index (κ3) is 6.86. The van der Waals surface area contributed by atoms with Crippen LogP contribution in [0.25, 0.3) is 0 Å². The lowest BCUT2D eigenvalue weighted by Crippen LogP contribution is -2.32. The van der Waals surface area contributed by atoms with Crippen LogP contribution in [0.5, 0.6) is 0 Å². The molecule has 0 bridgehead atoms. The standard InChI is InChI=1S/C16H31NO2/c1-7-15(12(3)13(4)18)9-10-17(6)11-16(8-2)14(5)19/h12,15-16H,7-11H2,1-6H3. The molecule has 0 rings (SSSR count). The molecular weight excluding hydrogens is 238 g/mol. The second-order valence-corrected chi connectivity index (χ2v) is 5.83. The van der Waals surface area contributed by atoms with Gasteiger partial charge in [-0.1, -0.05) is 27.2 Å². The van der Waals surface area contributed by atoms with Gasteiger partial charge in [-0.25, -0.2) is 0 Å². The van der Waals surface area contributed by atoms with Gasteiger partial charge < -0.3 is 4.90 Å². The molecule has 0 radical (unpaired) electrons. The Morgan fingerprint density at radius 3 is 2.00 bits per heavy atom. The summed E-state index contributed by atoms with van der Waals surface area (Å²) in [4.78, 5) is 25.1. The average Bonchev–Trinajstić information content (AvgIpc) is 2.35. The van der Waals surface area contributed by atoms with Crippen LogP contribution in [0.4, 0.5) is 0 Å². The number of rotatable bonds is 10. The van der Waals surface area contributed by atoms with Gasteiger partial charge in [0, 0.05) is 18.4 Å². The van der Waals surface area contributed by atoms with Gasteiger partial charge in [0.2, 0.25) is 0 Å². The minimum atomic E-state index is 0.146. The van der Waals surface area contributed by atoms with E-state index in [0.29, 0.717) is 5.92 Å². The highest BCUT2D eigenvalue weighted by Crippen LogP contribution is 2.21. The molecular formula is C16H31NO2. The minimum absolute atomic E-state index is 0.146. The van der Waals surface area contributed by atoms with E-state index in [1.165, 1.54) is 0 Å². The molecule has 0 saturated heterocycles. The fraction of sp³-hybridized carbons (Fsp3) is 0.875. The van der Waals surface area contributed by atoms with Gasteiger partial charge in [-0.2, -0.15) is 0 Å². The molecule has 3 unspecified atom stereocenters. The van der Waals surface area contributed by atoms with E-state index < -0.39 is 0 Å². The van der Waals surface area contributed by atoms with E-state index in [-0.39, 0.29) is 23.4 Å². The Balaban J connectivity index is 4.22. The highest BCUT2D eigenvalue weighted by atomic mass is 16.1. The van der Waals surface area contributed by atoms with Crippen LogP contribution >= 0.6 is 0 Å². The maximum absolute atomic E-state index is 11.4. The monoisotopic (exact) mass is 269 g/mol. The maximum atomic E-state index is 11.4. The molecule has 0 aromatic heterocycles. The second-order valence-electron chi connectivity index (χ2n) is 5.83. The Bertz CT molecular complexity index is 288. The van der Waals surface area contributed by atoms with Gasteiger partial charge in [0.05, 0.1) is 0 Å². The van der Waals surface area contributed by atoms with Crippen LogP contribution in [0.3, 0.4) is 0 Å². The molecule has 0 aromatic rings. The summed E-state index contributed by atoms with van der Waals surface area (Å²) in [7, 11) is 2.07. The molecule has 0 spiro atoms. The molecule has 0 amide bonds. The SMILES string of the molecule is CCC(CN(C)CCC(CC)C(C)C(C)=O)C(C)=O. The highest BCUT2D eigenvalue weighted by molar-refractivity contribution is 5.78.